The number of nitrogens with zero attached hydrogens (tertiary/aromatic N) is 1. The van der Waals surface area contributed by atoms with Crippen LogP contribution in [0.1, 0.15) is 29.9 Å². The van der Waals surface area contributed by atoms with E-state index in [0.717, 1.165) is 18.4 Å². The van der Waals surface area contributed by atoms with Crippen molar-refractivity contribution in [3.63, 3.8) is 0 Å². The first-order valence-electron chi connectivity index (χ1n) is 7.29. The monoisotopic (exact) mass is 331 g/mol. The van der Waals surface area contributed by atoms with Crippen LogP contribution in [0.25, 0.3) is 0 Å². The molecule has 118 valence electrons. The van der Waals surface area contributed by atoms with Gasteiger partial charge in [-0.05, 0) is 54.7 Å². The molecule has 5 nitrogen and oxygen atoms in total. The van der Waals surface area contributed by atoms with Crippen LogP contribution in [0.3, 0.4) is 0 Å². The first-order valence-corrected chi connectivity index (χ1v) is 7.67. The number of benzene rings is 2. The smallest absolute Gasteiger partial charge is 0.318 e. The third kappa shape index (κ3) is 3.35. The van der Waals surface area contributed by atoms with Gasteiger partial charge >= 0.3 is 5.97 Å². The van der Waals surface area contributed by atoms with Crippen molar-refractivity contribution < 1.29 is 14.5 Å². The van der Waals surface area contributed by atoms with Gasteiger partial charge in [0.2, 0.25) is 0 Å². The molecule has 0 radical (unpaired) electrons. The number of halogens is 1. The first-order chi connectivity index (χ1) is 11.0. The third-order valence-electron chi connectivity index (χ3n) is 3.97. The number of fused-ring (bicyclic) bond motifs is 1. The molecule has 0 fully saturated rings. The number of aryl methyl sites for hydroxylation is 1. The number of non-ortho nitro benzene ring substituents is 1. The summed E-state index contributed by atoms with van der Waals surface area (Å²) in [5.74, 6) is -0.458. The molecule has 0 spiro atoms. The largest absolute Gasteiger partial charge is 0.426 e. The standard InChI is InChI=1S/C17H14ClNO4/c18-12-5-8-14(9-6-12)23-17(20)15-3-1-2-11-4-7-13(19(21)22)10-16(11)15/h4-10,15H,1-3H2. The van der Waals surface area contributed by atoms with Crippen LogP contribution in [-0.2, 0) is 11.2 Å². The van der Waals surface area contributed by atoms with Crippen molar-refractivity contribution in [3.05, 3.63) is 68.7 Å². The molecule has 0 bridgehead atoms. The van der Waals surface area contributed by atoms with Crippen molar-refractivity contribution in [3.8, 4) is 5.75 Å². The van der Waals surface area contributed by atoms with Crippen LogP contribution in [0.5, 0.6) is 5.75 Å². The Morgan fingerprint density at radius 2 is 1.96 bits per heavy atom. The average Bonchev–Trinajstić information content (AvgIpc) is 2.55. The normalized spacial score (nSPS) is 16.5. The summed E-state index contributed by atoms with van der Waals surface area (Å²) >= 11 is 5.81. The zero-order valence-electron chi connectivity index (χ0n) is 12.2. The third-order valence-corrected chi connectivity index (χ3v) is 4.22. The van der Waals surface area contributed by atoms with Gasteiger partial charge < -0.3 is 4.74 Å². The molecule has 3 rings (SSSR count). The number of nitro benzene ring substituents is 1. The summed E-state index contributed by atoms with van der Waals surface area (Å²) < 4.78 is 5.40. The predicted octanol–water partition coefficient (Wildman–Crippen LogP) is 4.27. The summed E-state index contributed by atoms with van der Waals surface area (Å²) in [6, 6.07) is 11.2. The average molecular weight is 332 g/mol. The van der Waals surface area contributed by atoms with Crippen LogP contribution >= 0.6 is 11.6 Å². The van der Waals surface area contributed by atoms with E-state index in [1.807, 2.05) is 0 Å². The van der Waals surface area contributed by atoms with Gasteiger partial charge in [-0.1, -0.05) is 17.7 Å². The molecule has 23 heavy (non-hydrogen) atoms. The van der Waals surface area contributed by atoms with E-state index < -0.39 is 16.8 Å². The lowest BCUT2D eigenvalue weighted by Crippen LogP contribution is -2.23. The highest BCUT2D eigenvalue weighted by Gasteiger charge is 2.29. The highest BCUT2D eigenvalue weighted by Crippen LogP contribution is 2.35. The van der Waals surface area contributed by atoms with Gasteiger partial charge in [0.15, 0.2) is 0 Å². The van der Waals surface area contributed by atoms with Crippen molar-refractivity contribution in [1.82, 2.24) is 0 Å². The molecule has 1 unspecified atom stereocenters. The molecule has 0 saturated carbocycles. The van der Waals surface area contributed by atoms with E-state index in [0.29, 0.717) is 22.8 Å². The molecule has 0 saturated heterocycles. The summed E-state index contributed by atoms with van der Waals surface area (Å²) in [5.41, 5.74) is 1.67. The lowest BCUT2D eigenvalue weighted by atomic mass is 9.82. The van der Waals surface area contributed by atoms with E-state index in [9.17, 15) is 14.9 Å². The lowest BCUT2D eigenvalue weighted by molar-refractivity contribution is -0.384. The zero-order valence-corrected chi connectivity index (χ0v) is 13.0. The van der Waals surface area contributed by atoms with Crippen LogP contribution < -0.4 is 4.74 Å². The van der Waals surface area contributed by atoms with E-state index in [1.165, 1.54) is 12.1 Å². The van der Waals surface area contributed by atoms with E-state index >= 15 is 0 Å². The summed E-state index contributed by atoms with van der Waals surface area (Å²) in [7, 11) is 0. The second kappa shape index (κ2) is 6.38. The Hall–Kier alpha value is -2.40. The molecule has 2 aromatic rings. The van der Waals surface area contributed by atoms with Crippen LogP contribution in [0.2, 0.25) is 5.02 Å². The fourth-order valence-corrected chi connectivity index (χ4v) is 2.96. The Balaban J connectivity index is 1.86. The van der Waals surface area contributed by atoms with Crippen LogP contribution in [-0.4, -0.2) is 10.9 Å². The topological polar surface area (TPSA) is 69.4 Å². The fourth-order valence-electron chi connectivity index (χ4n) is 2.83. The van der Waals surface area contributed by atoms with Crippen molar-refractivity contribution in [2.75, 3.05) is 0 Å². The predicted molar refractivity (Wildman–Crippen MR) is 85.9 cm³/mol. The van der Waals surface area contributed by atoms with E-state index in [4.69, 9.17) is 16.3 Å². The molecule has 1 aliphatic carbocycles. The minimum absolute atomic E-state index is 0.00468. The number of carbonyl (C=O) groups excluding carboxylic acids is 1. The Morgan fingerprint density at radius 1 is 1.22 bits per heavy atom. The molecule has 0 heterocycles. The number of hydrogen-bond acceptors (Lipinski definition) is 4. The Labute approximate surface area is 138 Å². The number of nitro groups is 1. The van der Waals surface area contributed by atoms with Gasteiger partial charge in [-0.2, -0.15) is 0 Å². The number of esters is 1. The van der Waals surface area contributed by atoms with E-state index in [2.05, 4.69) is 0 Å². The zero-order chi connectivity index (χ0) is 16.4. The Kier molecular flexibility index (Phi) is 4.30. The maximum absolute atomic E-state index is 12.5. The Bertz CT molecular complexity index is 758. The molecular weight excluding hydrogens is 318 g/mol. The maximum Gasteiger partial charge on any atom is 0.318 e. The summed E-state index contributed by atoms with van der Waals surface area (Å²) in [4.78, 5) is 23.0. The van der Waals surface area contributed by atoms with Crippen LogP contribution in [0.15, 0.2) is 42.5 Å². The van der Waals surface area contributed by atoms with Gasteiger partial charge in [0.05, 0.1) is 10.8 Å². The van der Waals surface area contributed by atoms with Gasteiger partial charge in [-0.15, -0.1) is 0 Å². The highest BCUT2D eigenvalue weighted by molar-refractivity contribution is 6.30. The van der Waals surface area contributed by atoms with Crippen molar-refractivity contribution in [1.29, 1.82) is 0 Å². The van der Waals surface area contributed by atoms with Crippen LogP contribution in [0.4, 0.5) is 5.69 Å². The minimum Gasteiger partial charge on any atom is -0.426 e. The second-order valence-corrected chi connectivity index (χ2v) is 5.90. The molecule has 2 aromatic carbocycles. The molecule has 0 N–H and O–H groups in total. The van der Waals surface area contributed by atoms with Crippen molar-refractivity contribution >= 4 is 23.3 Å². The minimum atomic E-state index is -0.477. The molecule has 1 aliphatic rings. The highest BCUT2D eigenvalue weighted by atomic mass is 35.5. The molecular formula is C17H14ClNO4. The van der Waals surface area contributed by atoms with Gasteiger partial charge in [0.25, 0.3) is 5.69 Å². The second-order valence-electron chi connectivity index (χ2n) is 5.46. The quantitative estimate of drug-likeness (QED) is 0.364. The summed E-state index contributed by atoms with van der Waals surface area (Å²) in [5, 5.41) is 11.5. The summed E-state index contributed by atoms with van der Waals surface area (Å²) in [6.07, 6.45) is 2.30. The van der Waals surface area contributed by atoms with Crippen molar-refractivity contribution in [2.45, 2.75) is 25.2 Å². The van der Waals surface area contributed by atoms with Crippen LogP contribution in [0, 0.1) is 10.1 Å². The van der Waals surface area contributed by atoms with Gasteiger partial charge in [-0.25, -0.2) is 0 Å². The number of rotatable bonds is 3. The van der Waals surface area contributed by atoms with E-state index in [1.54, 1.807) is 30.3 Å². The first kappa shape index (κ1) is 15.5. The molecule has 0 amide bonds. The Morgan fingerprint density at radius 3 is 2.65 bits per heavy atom. The molecule has 0 aliphatic heterocycles. The van der Waals surface area contributed by atoms with Gasteiger partial charge in [-0.3, -0.25) is 14.9 Å². The number of hydrogen-bond donors (Lipinski definition) is 0. The molecule has 6 heteroatoms. The van der Waals surface area contributed by atoms with Crippen molar-refractivity contribution in [2.24, 2.45) is 0 Å². The fraction of sp³-hybridized carbons (Fsp3) is 0.235. The lowest BCUT2D eigenvalue weighted by Gasteiger charge is -2.23. The molecule has 1 atom stereocenters. The van der Waals surface area contributed by atoms with Gasteiger partial charge in [0.1, 0.15) is 5.75 Å². The number of ether oxygens (including phenoxy) is 1. The van der Waals surface area contributed by atoms with E-state index in [-0.39, 0.29) is 5.69 Å². The molecule has 0 aromatic heterocycles. The summed E-state index contributed by atoms with van der Waals surface area (Å²) in [6.45, 7) is 0. The number of carbonyl (C=O) groups is 1. The maximum atomic E-state index is 12.5. The van der Waals surface area contributed by atoms with Gasteiger partial charge in [0, 0.05) is 17.2 Å². The SMILES string of the molecule is O=C(Oc1ccc(Cl)cc1)C1CCCc2ccc([N+](=O)[O-])cc21.